The molecule has 24 heavy (non-hydrogen) atoms. The van der Waals surface area contributed by atoms with Gasteiger partial charge in [0.15, 0.2) is 11.0 Å². The van der Waals surface area contributed by atoms with Crippen molar-refractivity contribution in [3.8, 4) is 11.4 Å². The molecule has 0 aliphatic carbocycles. The molecule has 0 radical (unpaired) electrons. The van der Waals surface area contributed by atoms with Gasteiger partial charge in [0.05, 0.1) is 0 Å². The summed E-state index contributed by atoms with van der Waals surface area (Å²) in [5.74, 6) is 0.809. The van der Waals surface area contributed by atoms with Crippen molar-refractivity contribution in [2.24, 2.45) is 7.05 Å². The van der Waals surface area contributed by atoms with Crippen molar-refractivity contribution >= 4 is 33.3 Å². The van der Waals surface area contributed by atoms with Crippen LogP contribution >= 0.6 is 23.1 Å². The van der Waals surface area contributed by atoms with E-state index in [1.165, 1.54) is 22.2 Å². The monoisotopic (exact) mass is 354 g/mol. The van der Waals surface area contributed by atoms with E-state index >= 15 is 0 Å². The number of aryl methyl sites for hydroxylation is 2. The molecule has 0 aromatic carbocycles. The molecule has 0 aliphatic heterocycles. The van der Waals surface area contributed by atoms with Crippen molar-refractivity contribution in [1.29, 1.82) is 0 Å². The van der Waals surface area contributed by atoms with Gasteiger partial charge in [0.1, 0.15) is 16.2 Å². The highest BCUT2D eigenvalue weighted by Gasteiger charge is 2.17. The van der Waals surface area contributed by atoms with Crippen LogP contribution in [0.1, 0.15) is 10.4 Å². The molecule has 0 saturated carbocycles. The molecule has 0 fully saturated rings. The van der Waals surface area contributed by atoms with E-state index in [9.17, 15) is 0 Å². The van der Waals surface area contributed by atoms with Crippen molar-refractivity contribution in [1.82, 2.24) is 29.7 Å². The number of fused-ring (bicyclic) bond motifs is 1. The van der Waals surface area contributed by atoms with E-state index in [0.29, 0.717) is 0 Å². The molecule has 8 heteroatoms. The highest BCUT2D eigenvalue weighted by atomic mass is 32.2. The fraction of sp³-hybridized carbons (Fsp3) is 0.188. The Morgan fingerprint density at radius 1 is 1.08 bits per heavy atom. The number of nitrogens with zero attached hydrogens (tertiary/aromatic N) is 6. The number of aromatic nitrogens is 6. The average Bonchev–Trinajstić information content (AvgIpc) is 3.10. The smallest absolute Gasteiger partial charge is 0.197 e. The van der Waals surface area contributed by atoms with Gasteiger partial charge >= 0.3 is 0 Å². The van der Waals surface area contributed by atoms with Gasteiger partial charge in [-0.2, -0.15) is 0 Å². The van der Waals surface area contributed by atoms with Gasteiger partial charge in [-0.25, -0.2) is 9.97 Å². The molecular formula is C16H14N6S2. The van der Waals surface area contributed by atoms with Crippen molar-refractivity contribution in [3.63, 3.8) is 0 Å². The minimum absolute atomic E-state index is 0.796. The Balaban J connectivity index is 1.76. The molecule has 4 heterocycles. The molecule has 0 unspecified atom stereocenters. The SMILES string of the molecule is Cc1sc2ncnc(Sc3nnc(-c4ccncc4)n3C)c2c1C. The third-order valence-electron chi connectivity index (χ3n) is 3.89. The third-order valence-corrected chi connectivity index (χ3v) is 6.05. The second-order valence-corrected chi connectivity index (χ2v) is 7.50. The molecule has 0 aliphatic rings. The van der Waals surface area contributed by atoms with Crippen molar-refractivity contribution in [3.05, 3.63) is 41.3 Å². The maximum atomic E-state index is 4.47. The van der Waals surface area contributed by atoms with Gasteiger partial charge < -0.3 is 4.57 Å². The lowest BCUT2D eigenvalue weighted by Crippen LogP contribution is -1.95. The zero-order valence-corrected chi connectivity index (χ0v) is 15.0. The number of pyridine rings is 1. The maximum absolute atomic E-state index is 4.47. The van der Waals surface area contributed by atoms with Crippen LogP contribution in [-0.2, 0) is 7.05 Å². The van der Waals surface area contributed by atoms with Crippen LogP contribution in [0.5, 0.6) is 0 Å². The van der Waals surface area contributed by atoms with Gasteiger partial charge in [0, 0.05) is 35.3 Å². The van der Waals surface area contributed by atoms with Gasteiger partial charge in [0.25, 0.3) is 0 Å². The van der Waals surface area contributed by atoms with Gasteiger partial charge in [-0.05, 0) is 43.3 Å². The first-order valence-electron chi connectivity index (χ1n) is 7.33. The Hall–Kier alpha value is -2.32. The summed E-state index contributed by atoms with van der Waals surface area (Å²) in [7, 11) is 1.96. The summed E-state index contributed by atoms with van der Waals surface area (Å²) in [5, 5.41) is 11.5. The van der Waals surface area contributed by atoms with Crippen LogP contribution in [0.4, 0.5) is 0 Å². The molecule has 6 nitrogen and oxygen atoms in total. The van der Waals surface area contributed by atoms with Crippen LogP contribution in [0.15, 0.2) is 41.0 Å². The van der Waals surface area contributed by atoms with Gasteiger partial charge in [-0.3, -0.25) is 4.98 Å². The van der Waals surface area contributed by atoms with E-state index < -0.39 is 0 Å². The minimum Gasteiger partial charge on any atom is -0.305 e. The van der Waals surface area contributed by atoms with E-state index in [1.807, 2.05) is 23.7 Å². The van der Waals surface area contributed by atoms with Crippen LogP contribution in [0, 0.1) is 13.8 Å². The lowest BCUT2D eigenvalue weighted by Gasteiger charge is -2.04. The molecule has 0 saturated heterocycles. The Morgan fingerprint density at radius 3 is 2.67 bits per heavy atom. The number of thiophene rings is 1. The second-order valence-electron chi connectivity index (χ2n) is 5.35. The average molecular weight is 354 g/mol. The minimum atomic E-state index is 0.796. The molecule has 4 aromatic heterocycles. The third kappa shape index (κ3) is 2.47. The van der Waals surface area contributed by atoms with Gasteiger partial charge in [-0.1, -0.05) is 0 Å². The lowest BCUT2D eigenvalue weighted by molar-refractivity contribution is 0.792. The van der Waals surface area contributed by atoms with E-state index in [-0.39, 0.29) is 0 Å². The van der Waals surface area contributed by atoms with Crippen LogP contribution in [0.2, 0.25) is 0 Å². The highest BCUT2D eigenvalue weighted by molar-refractivity contribution is 7.99. The number of hydrogen-bond acceptors (Lipinski definition) is 7. The quantitative estimate of drug-likeness (QED) is 0.523. The molecule has 0 bridgehead atoms. The molecule has 0 N–H and O–H groups in total. The van der Waals surface area contributed by atoms with Crippen molar-refractivity contribution in [2.75, 3.05) is 0 Å². The first kappa shape index (κ1) is 15.2. The van der Waals surface area contributed by atoms with Crippen LogP contribution < -0.4 is 0 Å². The highest BCUT2D eigenvalue weighted by Crippen LogP contribution is 2.37. The summed E-state index contributed by atoms with van der Waals surface area (Å²) < 4.78 is 1.97. The summed E-state index contributed by atoms with van der Waals surface area (Å²) in [4.78, 5) is 15.2. The van der Waals surface area contributed by atoms with E-state index in [0.717, 1.165) is 31.8 Å². The lowest BCUT2D eigenvalue weighted by atomic mass is 10.2. The predicted octanol–water partition coefficient (Wildman–Crippen LogP) is 3.65. The summed E-state index contributed by atoms with van der Waals surface area (Å²) in [6, 6.07) is 3.85. The molecule has 0 spiro atoms. The fourth-order valence-electron chi connectivity index (χ4n) is 2.47. The molecule has 4 aromatic rings. The number of hydrogen-bond donors (Lipinski definition) is 0. The number of rotatable bonds is 3. The zero-order valence-electron chi connectivity index (χ0n) is 13.4. The summed E-state index contributed by atoms with van der Waals surface area (Å²) in [6.45, 7) is 4.22. The Bertz CT molecular complexity index is 1020. The van der Waals surface area contributed by atoms with Crippen molar-refractivity contribution < 1.29 is 0 Å². The van der Waals surface area contributed by atoms with E-state index in [4.69, 9.17) is 0 Å². The molecule has 120 valence electrons. The largest absolute Gasteiger partial charge is 0.305 e. The topological polar surface area (TPSA) is 69.4 Å². The van der Waals surface area contributed by atoms with Gasteiger partial charge in [0.2, 0.25) is 0 Å². The molecule has 4 rings (SSSR count). The maximum Gasteiger partial charge on any atom is 0.197 e. The standard InChI is InChI=1S/C16H14N6S2/c1-9-10(2)23-14-12(9)15(19-8-18-14)24-16-21-20-13(22(16)3)11-4-6-17-7-5-11/h4-8H,1-3H3. The predicted molar refractivity (Wildman–Crippen MR) is 95.2 cm³/mol. The Kier molecular flexibility index (Phi) is 3.78. The van der Waals surface area contributed by atoms with E-state index in [2.05, 4.69) is 39.0 Å². The van der Waals surface area contributed by atoms with Crippen LogP contribution in [0.3, 0.4) is 0 Å². The van der Waals surface area contributed by atoms with Gasteiger partial charge in [-0.15, -0.1) is 21.5 Å². The normalized spacial score (nSPS) is 11.3. The summed E-state index contributed by atoms with van der Waals surface area (Å²) >= 11 is 3.21. The molecule has 0 amide bonds. The Labute approximate surface area is 147 Å². The Morgan fingerprint density at radius 2 is 1.88 bits per heavy atom. The first-order valence-corrected chi connectivity index (χ1v) is 8.97. The van der Waals surface area contributed by atoms with Crippen molar-refractivity contribution in [2.45, 2.75) is 24.0 Å². The molecular weight excluding hydrogens is 340 g/mol. The second kappa shape index (κ2) is 5.95. The molecule has 0 atom stereocenters. The summed E-state index contributed by atoms with van der Waals surface area (Å²) in [6.07, 6.45) is 5.12. The van der Waals surface area contributed by atoms with Crippen LogP contribution in [0.25, 0.3) is 21.6 Å². The zero-order chi connectivity index (χ0) is 16.7. The fourth-order valence-corrected chi connectivity index (χ4v) is 4.46. The van der Waals surface area contributed by atoms with E-state index in [1.54, 1.807) is 30.1 Å². The van der Waals surface area contributed by atoms with Crippen LogP contribution in [-0.4, -0.2) is 29.7 Å². The first-order chi connectivity index (χ1) is 11.6. The summed E-state index contributed by atoms with van der Waals surface area (Å²) in [5.41, 5.74) is 2.22.